The van der Waals surface area contributed by atoms with Crippen LogP contribution in [0.5, 0.6) is 0 Å². The van der Waals surface area contributed by atoms with E-state index in [9.17, 15) is 24.1 Å². The zero-order valence-electron chi connectivity index (χ0n) is 12.3. The van der Waals surface area contributed by atoms with E-state index in [1.807, 2.05) is 0 Å². The minimum absolute atomic E-state index is 0.0602. The summed E-state index contributed by atoms with van der Waals surface area (Å²) in [5, 5.41) is 12.9. The SMILES string of the molecule is O=C(COC(=O)c1cc([N+](=O)[O-])ccc1Cl)Nc1ccc(Br)cc1F. The number of hydrogen-bond acceptors (Lipinski definition) is 5. The number of benzene rings is 2. The molecule has 7 nitrogen and oxygen atoms in total. The first-order valence-electron chi connectivity index (χ1n) is 6.64. The van der Waals surface area contributed by atoms with Gasteiger partial charge in [-0.3, -0.25) is 14.9 Å². The van der Waals surface area contributed by atoms with E-state index in [4.69, 9.17) is 16.3 Å². The normalized spacial score (nSPS) is 10.2. The summed E-state index contributed by atoms with van der Waals surface area (Å²) in [6.07, 6.45) is 0. The van der Waals surface area contributed by atoms with Crippen molar-refractivity contribution in [3.8, 4) is 0 Å². The molecule has 1 N–H and O–H groups in total. The molecule has 0 aromatic heterocycles. The van der Waals surface area contributed by atoms with Crippen LogP contribution in [0, 0.1) is 15.9 Å². The lowest BCUT2D eigenvalue weighted by Gasteiger charge is -2.08. The average Bonchev–Trinajstić information content (AvgIpc) is 2.55. The molecule has 10 heteroatoms. The van der Waals surface area contributed by atoms with Gasteiger partial charge in [0.1, 0.15) is 5.82 Å². The number of amides is 1. The standard InChI is InChI=1S/C15H9BrClFN2O5/c16-8-1-4-13(12(18)5-8)19-14(21)7-25-15(22)10-6-9(20(23)24)2-3-11(10)17/h1-6H,7H2,(H,19,21). The molecule has 0 bridgehead atoms. The summed E-state index contributed by atoms with van der Waals surface area (Å²) in [5.74, 6) is -2.47. The first-order valence-corrected chi connectivity index (χ1v) is 7.81. The molecule has 0 aliphatic carbocycles. The number of rotatable bonds is 5. The first kappa shape index (κ1) is 18.8. The number of ether oxygens (including phenoxy) is 1. The maximum absolute atomic E-state index is 13.6. The van der Waals surface area contributed by atoms with Crippen LogP contribution in [0.4, 0.5) is 15.8 Å². The molecule has 0 saturated heterocycles. The molecule has 2 rings (SSSR count). The molecule has 0 saturated carbocycles. The number of halogens is 3. The molecule has 25 heavy (non-hydrogen) atoms. The van der Waals surface area contributed by atoms with Gasteiger partial charge < -0.3 is 10.1 Å². The van der Waals surface area contributed by atoms with E-state index < -0.39 is 29.2 Å². The van der Waals surface area contributed by atoms with E-state index in [1.54, 1.807) is 0 Å². The Bertz CT molecular complexity index is 862. The predicted octanol–water partition coefficient (Wildman–Crippen LogP) is 3.95. The zero-order valence-corrected chi connectivity index (χ0v) is 14.6. The summed E-state index contributed by atoms with van der Waals surface area (Å²) >= 11 is 8.88. The Morgan fingerprint density at radius 3 is 2.64 bits per heavy atom. The van der Waals surface area contributed by atoms with E-state index >= 15 is 0 Å². The van der Waals surface area contributed by atoms with Crippen molar-refractivity contribution in [1.82, 2.24) is 0 Å². The highest BCUT2D eigenvalue weighted by Crippen LogP contribution is 2.23. The average molecular weight is 432 g/mol. The van der Waals surface area contributed by atoms with Crippen molar-refractivity contribution < 1.29 is 23.6 Å². The van der Waals surface area contributed by atoms with Crippen molar-refractivity contribution in [2.24, 2.45) is 0 Å². The Morgan fingerprint density at radius 2 is 2.00 bits per heavy atom. The van der Waals surface area contributed by atoms with Crippen LogP contribution < -0.4 is 5.32 Å². The van der Waals surface area contributed by atoms with E-state index in [1.165, 1.54) is 18.2 Å². The number of hydrogen-bond donors (Lipinski definition) is 1. The molecule has 1 amide bonds. The fourth-order valence-electron chi connectivity index (χ4n) is 1.77. The van der Waals surface area contributed by atoms with Crippen molar-refractivity contribution in [3.05, 3.63) is 67.4 Å². The van der Waals surface area contributed by atoms with Gasteiger partial charge in [-0.15, -0.1) is 0 Å². The molecule has 2 aromatic rings. The molecule has 2 aromatic carbocycles. The van der Waals surface area contributed by atoms with E-state index in [2.05, 4.69) is 21.2 Å². The molecular weight excluding hydrogens is 423 g/mol. The third kappa shape index (κ3) is 4.97. The number of esters is 1. The Morgan fingerprint density at radius 1 is 1.28 bits per heavy atom. The summed E-state index contributed by atoms with van der Waals surface area (Å²) in [4.78, 5) is 33.7. The van der Waals surface area contributed by atoms with Crippen LogP contribution in [-0.4, -0.2) is 23.4 Å². The van der Waals surface area contributed by atoms with Gasteiger partial charge in [0.2, 0.25) is 0 Å². The van der Waals surface area contributed by atoms with Crippen molar-refractivity contribution >= 4 is 50.8 Å². The summed E-state index contributed by atoms with van der Waals surface area (Å²) < 4.78 is 18.9. The van der Waals surface area contributed by atoms with Crippen molar-refractivity contribution in [1.29, 1.82) is 0 Å². The molecule has 0 aliphatic rings. The van der Waals surface area contributed by atoms with Crippen LogP contribution >= 0.6 is 27.5 Å². The molecule has 0 heterocycles. The lowest BCUT2D eigenvalue weighted by Crippen LogP contribution is -2.21. The van der Waals surface area contributed by atoms with Crippen LogP contribution in [0.25, 0.3) is 0 Å². The number of nitro groups is 1. The Hall–Kier alpha value is -2.52. The van der Waals surface area contributed by atoms with E-state index in [0.717, 1.165) is 18.2 Å². The van der Waals surface area contributed by atoms with Gasteiger partial charge in [-0.2, -0.15) is 0 Å². The lowest BCUT2D eigenvalue weighted by molar-refractivity contribution is -0.384. The topological polar surface area (TPSA) is 98.5 Å². The van der Waals surface area contributed by atoms with Crippen LogP contribution in [0.3, 0.4) is 0 Å². The molecule has 130 valence electrons. The van der Waals surface area contributed by atoms with Gasteiger partial charge in [0, 0.05) is 16.6 Å². The number of nitrogens with zero attached hydrogens (tertiary/aromatic N) is 1. The number of non-ortho nitro benzene ring substituents is 1. The summed E-state index contributed by atoms with van der Waals surface area (Å²) in [6, 6.07) is 7.25. The van der Waals surface area contributed by atoms with Gasteiger partial charge >= 0.3 is 5.97 Å². The van der Waals surface area contributed by atoms with E-state index in [-0.39, 0.29) is 22.0 Å². The largest absolute Gasteiger partial charge is 0.452 e. The second kappa shape index (κ2) is 8.04. The molecule has 0 aliphatic heterocycles. The highest BCUT2D eigenvalue weighted by Gasteiger charge is 2.18. The fourth-order valence-corrected chi connectivity index (χ4v) is 2.30. The number of anilines is 1. The molecule has 0 spiro atoms. The van der Waals surface area contributed by atoms with Crippen molar-refractivity contribution in [2.45, 2.75) is 0 Å². The van der Waals surface area contributed by atoms with Crippen molar-refractivity contribution in [2.75, 3.05) is 11.9 Å². The van der Waals surface area contributed by atoms with E-state index in [0.29, 0.717) is 4.47 Å². The van der Waals surface area contributed by atoms with Gasteiger partial charge in [0.25, 0.3) is 11.6 Å². The highest BCUT2D eigenvalue weighted by molar-refractivity contribution is 9.10. The number of carbonyl (C=O) groups is 2. The summed E-state index contributed by atoms with van der Waals surface area (Å²) in [5.41, 5.74) is -0.686. The fraction of sp³-hybridized carbons (Fsp3) is 0.0667. The van der Waals surface area contributed by atoms with Crippen LogP contribution in [0.2, 0.25) is 5.02 Å². The number of carbonyl (C=O) groups excluding carboxylic acids is 2. The minimum Gasteiger partial charge on any atom is -0.452 e. The smallest absolute Gasteiger partial charge is 0.340 e. The Kier molecular flexibility index (Phi) is 6.05. The molecule has 0 atom stereocenters. The van der Waals surface area contributed by atoms with Gasteiger partial charge in [-0.1, -0.05) is 27.5 Å². The minimum atomic E-state index is -1.01. The zero-order chi connectivity index (χ0) is 18.6. The van der Waals surface area contributed by atoms with Gasteiger partial charge in [-0.05, 0) is 24.3 Å². The monoisotopic (exact) mass is 430 g/mol. The Labute approximate surface area is 154 Å². The molecule has 0 unspecified atom stereocenters. The Balaban J connectivity index is 2.01. The number of nitro benzene ring substituents is 1. The maximum atomic E-state index is 13.6. The third-order valence-electron chi connectivity index (χ3n) is 2.92. The van der Waals surface area contributed by atoms with Gasteiger partial charge in [-0.25, -0.2) is 9.18 Å². The third-order valence-corrected chi connectivity index (χ3v) is 3.74. The van der Waals surface area contributed by atoms with Gasteiger partial charge in [0.05, 0.1) is 21.2 Å². The summed E-state index contributed by atoms with van der Waals surface area (Å²) in [7, 11) is 0. The maximum Gasteiger partial charge on any atom is 0.340 e. The highest BCUT2D eigenvalue weighted by atomic mass is 79.9. The molecule has 0 radical (unpaired) electrons. The second-order valence-corrected chi connectivity index (χ2v) is 5.99. The van der Waals surface area contributed by atoms with Crippen LogP contribution in [0.1, 0.15) is 10.4 Å². The lowest BCUT2D eigenvalue weighted by atomic mass is 10.2. The molecule has 0 fully saturated rings. The van der Waals surface area contributed by atoms with Crippen molar-refractivity contribution in [3.63, 3.8) is 0 Å². The predicted molar refractivity (Wildman–Crippen MR) is 91.1 cm³/mol. The second-order valence-electron chi connectivity index (χ2n) is 4.67. The quantitative estimate of drug-likeness (QED) is 0.439. The van der Waals surface area contributed by atoms with Gasteiger partial charge in [0.15, 0.2) is 6.61 Å². The number of nitrogens with one attached hydrogen (secondary N) is 1. The first-order chi connectivity index (χ1) is 11.8. The van der Waals surface area contributed by atoms with Crippen LogP contribution in [0.15, 0.2) is 40.9 Å². The van der Waals surface area contributed by atoms with Crippen LogP contribution in [-0.2, 0) is 9.53 Å². The molecular formula is C15H9BrClFN2O5. The summed E-state index contributed by atoms with van der Waals surface area (Å²) in [6.45, 7) is -0.715.